The van der Waals surface area contributed by atoms with Gasteiger partial charge in [0, 0.05) is 12.5 Å². The van der Waals surface area contributed by atoms with E-state index >= 15 is 0 Å². The molecule has 0 bridgehead atoms. The zero-order valence-electron chi connectivity index (χ0n) is 9.85. The maximum Gasteiger partial charge on any atom is 0.303 e. The quantitative estimate of drug-likeness (QED) is 0.704. The van der Waals surface area contributed by atoms with Crippen LogP contribution in [-0.4, -0.2) is 23.5 Å². The van der Waals surface area contributed by atoms with Crippen molar-refractivity contribution < 1.29 is 14.7 Å². The van der Waals surface area contributed by atoms with Crippen molar-refractivity contribution in [2.75, 3.05) is 0 Å². The summed E-state index contributed by atoms with van der Waals surface area (Å²) in [5.41, 5.74) is 2.29. The molecule has 0 saturated heterocycles. The summed E-state index contributed by atoms with van der Waals surface area (Å²) in [6, 6.07) is 7.78. The molecule has 1 atom stereocenters. The molecule has 17 heavy (non-hydrogen) atoms. The highest BCUT2D eigenvalue weighted by atomic mass is 16.4. The molecule has 0 aliphatic heterocycles. The first-order chi connectivity index (χ1) is 8.13. The van der Waals surface area contributed by atoms with Gasteiger partial charge in [-0.2, -0.15) is 0 Å². The first kappa shape index (κ1) is 13.2. The van der Waals surface area contributed by atoms with Gasteiger partial charge in [-0.3, -0.25) is 9.59 Å². The van der Waals surface area contributed by atoms with Gasteiger partial charge < -0.3 is 10.4 Å². The van der Waals surface area contributed by atoms with Gasteiger partial charge in [0.25, 0.3) is 0 Å². The van der Waals surface area contributed by atoms with Crippen LogP contribution in [0.15, 0.2) is 24.3 Å². The minimum atomic E-state index is -0.840. The smallest absolute Gasteiger partial charge is 0.303 e. The van der Waals surface area contributed by atoms with Crippen LogP contribution >= 0.6 is 0 Å². The van der Waals surface area contributed by atoms with Gasteiger partial charge in [0.1, 0.15) is 0 Å². The Balaban J connectivity index is 2.62. The first-order valence-corrected chi connectivity index (χ1v) is 5.59. The second-order valence-corrected chi connectivity index (χ2v) is 4.04. The van der Waals surface area contributed by atoms with Gasteiger partial charge in [-0.1, -0.05) is 24.3 Å². The van der Waals surface area contributed by atoms with Crippen LogP contribution in [0.5, 0.6) is 0 Å². The van der Waals surface area contributed by atoms with Crippen LogP contribution in [0.4, 0.5) is 0 Å². The number of hydrogen-bond donors (Lipinski definition) is 2. The van der Waals surface area contributed by atoms with Crippen molar-refractivity contribution >= 4 is 12.4 Å². The molecule has 1 aromatic carbocycles. The normalized spacial score (nSPS) is 11.8. The van der Waals surface area contributed by atoms with Crippen molar-refractivity contribution in [1.82, 2.24) is 5.32 Å². The van der Waals surface area contributed by atoms with E-state index in [-0.39, 0.29) is 12.5 Å². The van der Waals surface area contributed by atoms with Crippen LogP contribution in [0.25, 0.3) is 0 Å². The Morgan fingerprint density at radius 2 is 2.18 bits per heavy atom. The summed E-state index contributed by atoms with van der Waals surface area (Å²) >= 11 is 0. The number of amides is 1. The second kappa shape index (κ2) is 6.68. The Labute approximate surface area is 101 Å². The zero-order chi connectivity index (χ0) is 12.7. The molecule has 1 unspecified atom stereocenters. The number of aliphatic carboxylic acids is 1. The monoisotopic (exact) mass is 235 g/mol. The third-order valence-electron chi connectivity index (χ3n) is 2.74. The maximum absolute atomic E-state index is 10.5. The molecule has 0 fully saturated rings. The highest BCUT2D eigenvalue weighted by Crippen LogP contribution is 2.12. The minimum absolute atomic E-state index is 0.0669. The molecule has 1 amide bonds. The molecular weight excluding hydrogens is 218 g/mol. The van der Waals surface area contributed by atoms with Crippen molar-refractivity contribution in [1.29, 1.82) is 0 Å². The summed E-state index contributed by atoms with van der Waals surface area (Å²) < 4.78 is 0. The number of carbonyl (C=O) groups is 2. The number of nitrogens with one attached hydrogen (secondary N) is 1. The van der Waals surface area contributed by atoms with Crippen LogP contribution in [0, 0.1) is 6.92 Å². The van der Waals surface area contributed by atoms with Crippen molar-refractivity contribution in [2.24, 2.45) is 0 Å². The summed E-state index contributed by atoms with van der Waals surface area (Å²) in [5, 5.41) is 11.3. The van der Waals surface area contributed by atoms with E-state index in [4.69, 9.17) is 5.11 Å². The minimum Gasteiger partial charge on any atom is -0.481 e. The summed E-state index contributed by atoms with van der Waals surface area (Å²) in [6.07, 6.45) is 1.81. The highest BCUT2D eigenvalue weighted by molar-refractivity contribution is 5.66. The molecule has 0 aliphatic rings. The van der Waals surface area contributed by atoms with Crippen LogP contribution in [0.2, 0.25) is 0 Å². The number of benzene rings is 1. The lowest BCUT2D eigenvalue weighted by Gasteiger charge is -2.16. The Morgan fingerprint density at radius 3 is 2.76 bits per heavy atom. The lowest BCUT2D eigenvalue weighted by Crippen LogP contribution is -2.30. The molecule has 0 heterocycles. The van der Waals surface area contributed by atoms with E-state index in [1.54, 1.807) is 0 Å². The number of carboxylic acid groups (broad SMARTS) is 1. The fraction of sp³-hybridized carbons (Fsp3) is 0.385. The molecule has 4 nitrogen and oxygen atoms in total. The standard InChI is InChI=1S/C13H17NO3/c1-10-4-2-3-5-11(10)8-12(14-9-15)6-7-13(16)17/h2-5,9,12H,6-8H2,1H3,(H,14,15)(H,16,17). The van der Waals surface area contributed by atoms with E-state index in [1.807, 2.05) is 31.2 Å². The number of hydrogen-bond acceptors (Lipinski definition) is 2. The molecule has 0 aromatic heterocycles. The Kier molecular flexibility index (Phi) is 5.20. The lowest BCUT2D eigenvalue weighted by molar-refractivity contribution is -0.137. The topological polar surface area (TPSA) is 66.4 Å². The molecule has 92 valence electrons. The first-order valence-electron chi connectivity index (χ1n) is 5.59. The molecule has 1 aromatic rings. The molecule has 1 rings (SSSR count). The molecule has 0 saturated carbocycles. The summed E-state index contributed by atoms with van der Waals surface area (Å²) in [4.78, 5) is 21.0. The van der Waals surface area contributed by atoms with Crippen molar-refractivity contribution in [3.63, 3.8) is 0 Å². The fourth-order valence-electron chi connectivity index (χ4n) is 1.74. The van der Waals surface area contributed by atoms with Crippen molar-refractivity contribution in [3.8, 4) is 0 Å². The molecule has 2 N–H and O–H groups in total. The van der Waals surface area contributed by atoms with Crippen molar-refractivity contribution in [2.45, 2.75) is 32.2 Å². The zero-order valence-corrected chi connectivity index (χ0v) is 9.85. The van der Waals surface area contributed by atoms with Gasteiger partial charge in [0.2, 0.25) is 6.41 Å². The van der Waals surface area contributed by atoms with E-state index in [1.165, 1.54) is 0 Å². The lowest BCUT2D eigenvalue weighted by atomic mass is 9.98. The third kappa shape index (κ3) is 4.68. The van der Waals surface area contributed by atoms with Crippen LogP contribution in [0.1, 0.15) is 24.0 Å². The van der Waals surface area contributed by atoms with Gasteiger partial charge in [-0.05, 0) is 30.9 Å². The predicted molar refractivity (Wildman–Crippen MR) is 64.7 cm³/mol. The average Bonchev–Trinajstić information content (AvgIpc) is 2.29. The number of rotatable bonds is 7. The summed E-state index contributed by atoms with van der Waals surface area (Å²) in [7, 11) is 0. The number of carboxylic acids is 1. The third-order valence-corrected chi connectivity index (χ3v) is 2.74. The van der Waals surface area contributed by atoms with Gasteiger partial charge in [-0.15, -0.1) is 0 Å². The van der Waals surface area contributed by atoms with Crippen LogP contribution in [0.3, 0.4) is 0 Å². The Morgan fingerprint density at radius 1 is 1.47 bits per heavy atom. The summed E-state index contributed by atoms with van der Waals surface area (Å²) in [5.74, 6) is -0.840. The Hall–Kier alpha value is -1.84. The second-order valence-electron chi connectivity index (χ2n) is 4.04. The summed E-state index contributed by atoms with van der Waals surface area (Å²) in [6.45, 7) is 2.00. The average molecular weight is 235 g/mol. The van der Waals surface area contributed by atoms with E-state index in [0.717, 1.165) is 11.1 Å². The highest BCUT2D eigenvalue weighted by Gasteiger charge is 2.11. The van der Waals surface area contributed by atoms with Gasteiger partial charge >= 0.3 is 5.97 Å². The number of carbonyl (C=O) groups excluding carboxylic acids is 1. The van der Waals surface area contributed by atoms with Crippen molar-refractivity contribution in [3.05, 3.63) is 35.4 Å². The fourth-order valence-corrected chi connectivity index (χ4v) is 1.74. The van der Waals surface area contributed by atoms with E-state index in [9.17, 15) is 9.59 Å². The Bertz CT molecular complexity index is 390. The van der Waals surface area contributed by atoms with Crippen LogP contribution in [-0.2, 0) is 16.0 Å². The van der Waals surface area contributed by atoms with E-state index in [0.29, 0.717) is 19.3 Å². The predicted octanol–water partition coefficient (Wildman–Crippen LogP) is 1.52. The molecular formula is C13H17NO3. The number of aryl methyl sites for hydroxylation is 1. The molecule has 4 heteroatoms. The maximum atomic E-state index is 10.5. The van der Waals surface area contributed by atoms with Crippen LogP contribution < -0.4 is 5.32 Å². The molecule has 0 radical (unpaired) electrons. The van der Waals surface area contributed by atoms with E-state index in [2.05, 4.69) is 5.32 Å². The van der Waals surface area contributed by atoms with Gasteiger partial charge in [-0.25, -0.2) is 0 Å². The largest absolute Gasteiger partial charge is 0.481 e. The van der Waals surface area contributed by atoms with E-state index < -0.39 is 5.97 Å². The van der Waals surface area contributed by atoms with Gasteiger partial charge in [0.15, 0.2) is 0 Å². The SMILES string of the molecule is Cc1ccccc1CC(CCC(=O)O)NC=O. The van der Waals surface area contributed by atoms with Gasteiger partial charge in [0.05, 0.1) is 0 Å². The molecule has 0 spiro atoms. The molecule has 0 aliphatic carbocycles.